The molecule has 0 aliphatic heterocycles. The molecule has 0 aliphatic carbocycles. The third-order valence-corrected chi connectivity index (χ3v) is 1.97. The molecule has 0 fully saturated rings. The van der Waals surface area contributed by atoms with Crippen LogP contribution in [0.1, 0.15) is 25.8 Å². The first-order valence-corrected chi connectivity index (χ1v) is 4.53. The lowest BCUT2D eigenvalue weighted by Crippen LogP contribution is -2.09. The van der Waals surface area contributed by atoms with E-state index >= 15 is 0 Å². The van der Waals surface area contributed by atoms with Crippen molar-refractivity contribution < 1.29 is 9.13 Å². The Bertz CT molecular complexity index is 357. The SMILES string of the molecule is CCC(C)Oc1ccc(F)c(C#N)c1. The van der Waals surface area contributed by atoms with E-state index in [4.69, 9.17) is 10.00 Å². The molecule has 0 saturated heterocycles. The molecule has 0 heterocycles. The maximum absolute atomic E-state index is 12.9. The van der Waals surface area contributed by atoms with Gasteiger partial charge in [-0.25, -0.2) is 4.39 Å². The highest BCUT2D eigenvalue weighted by molar-refractivity contribution is 5.37. The lowest BCUT2D eigenvalue weighted by molar-refractivity contribution is 0.217. The van der Waals surface area contributed by atoms with Gasteiger partial charge in [-0.2, -0.15) is 5.26 Å². The van der Waals surface area contributed by atoms with Crippen LogP contribution in [0.2, 0.25) is 0 Å². The number of ether oxygens (including phenoxy) is 1. The summed E-state index contributed by atoms with van der Waals surface area (Å²) in [4.78, 5) is 0. The summed E-state index contributed by atoms with van der Waals surface area (Å²) in [6.07, 6.45) is 0.950. The predicted molar refractivity (Wildman–Crippen MR) is 51.5 cm³/mol. The molecule has 0 N–H and O–H groups in total. The lowest BCUT2D eigenvalue weighted by atomic mass is 10.2. The molecule has 0 bridgehead atoms. The highest BCUT2D eigenvalue weighted by atomic mass is 19.1. The van der Waals surface area contributed by atoms with Crippen molar-refractivity contribution in [2.75, 3.05) is 0 Å². The zero-order valence-electron chi connectivity index (χ0n) is 8.25. The molecule has 0 aromatic heterocycles. The van der Waals surface area contributed by atoms with E-state index < -0.39 is 5.82 Å². The molecular weight excluding hydrogens is 181 g/mol. The Hall–Kier alpha value is -1.56. The quantitative estimate of drug-likeness (QED) is 0.739. The molecule has 1 aromatic carbocycles. The number of nitriles is 1. The van der Waals surface area contributed by atoms with Crippen molar-refractivity contribution in [2.45, 2.75) is 26.4 Å². The third-order valence-electron chi connectivity index (χ3n) is 1.97. The van der Waals surface area contributed by atoms with Crippen LogP contribution >= 0.6 is 0 Å². The maximum Gasteiger partial charge on any atom is 0.141 e. The van der Waals surface area contributed by atoms with Gasteiger partial charge in [0.2, 0.25) is 0 Å². The predicted octanol–water partition coefficient (Wildman–Crippen LogP) is 2.87. The monoisotopic (exact) mass is 193 g/mol. The van der Waals surface area contributed by atoms with Gasteiger partial charge in [0.05, 0.1) is 11.7 Å². The molecule has 3 heteroatoms. The molecule has 1 aromatic rings. The molecule has 0 amide bonds. The van der Waals surface area contributed by atoms with Crippen LogP contribution in [-0.4, -0.2) is 6.10 Å². The molecule has 0 spiro atoms. The van der Waals surface area contributed by atoms with Gasteiger partial charge in [-0.05, 0) is 25.5 Å². The standard InChI is InChI=1S/C11H12FNO/c1-3-8(2)14-10-4-5-11(12)9(6-10)7-13/h4-6,8H,3H2,1-2H3. The molecule has 1 rings (SSSR count). The van der Waals surface area contributed by atoms with Crippen LogP contribution in [-0.2, 0) is 0 Å². The van der Waals surface area contributed by atoms with E-state index in [-0.39, 0.29) is 11.7 Å². The fourth-order valence-electron chi connectivity index (χ4n) is 0.979. The third kappa shape index (κ3) is 2.46. The van der Waals surface area contributed by atoms with E-state index in [0.717, 1.165) is 6.42 Å². The molecule has 2 nitrogen and oxygen atoms in total. The van der Waals surface area contributed by atoms with E-state index in [1.54, 1.807) is 6.07 Å². The maximum atomic E-state index is 12.9. The van der Waals surface area contributed by atoms with Gasteiger partial charge in [-0.1, -0.05) is 6.92 Å². The largest absolute Gasteiger partial charge is 0.491 e. The Morgan fingerprint density at radius 1 is 1.57 bits per heavy atom. The summed E-state index contributed by atoms with van der Waals surface area (Å²) in [6.45, 7) is 3.93. The second-order valence-corrected chi connectivity index (χ2v) is 3.09. The Balaban J connectivity index is 2.86. The summed E-state index contributed by atoms with van der Waals surface area (Å²) in [5.74, 6) is 0.0290. The number of benzene rings is 1. The van der Waals surface area contributed by atoms with E-state index in [0.29, 0.717) is 5.75 Å². The van der Waals surface area contributed by atoms with E-state index in [9.17, 15) is 4.39 Å². The van der Waals surface area contributed by atoms with Gasteiger partial charge in [0.1, 0.15) is 17.6 Å². The average molecular weight is 193 g/mol. The second kappa shape index (κ2) is 4.61. The van der Waals surface area contributed by atoms with Crippen molar-refractivity contribution in [3.05, 3.63) is 29.6 Å². The fraction of sp³-hybridized carbons (Fsp3) is 0.364. The second-order valence-electron chi connectivity index (χ2n) is 3.09. The minimum atomic E-state index is -0.510. The van der Waals surface area contributed by atoms with Crippen LogP contribution in [0, 0.1) is 17.1 Å². The van der Waals surface area contributed by atoms with Crippen LogP contribution in [0.4, 0.5) is 4.39 Å². The highest BCUT2D eigenvalue weighted by Gasteiger charge is 2.05. The van der Waals surface area contributed by atoms with Crippen LogP contribution in [0.3, 0.4) is 0 Å². The van der Waals surface area contributed by atoms with Gasteiger partial charge in [0, 0.05) is 6.07 Å². The minimum absolute atomic E-state index is 0.0193. The first-order valence-electron chi connectivity index (χ1n) is 4.53. The molecule has 0 aliphatic rings. The number of hydrogen-bond donors (Lipinski definition) is 0. The Kier molecular flexibility index (Phi) is 3.47. The van der Waals surface area contributed by atoms with Crippen molar-refractivity contribution in [3.8, 4) is 11.8 Å². The van der Waals surface area contributed by atoms with Crippen molar-refractivity contribution in [1.29, 1.82) is 5.26 Å². The first kappa shape index (κ1) is 10.5. The zero-order chi connectivity index (χ0) is 10.6. The number of halogens is 1. The summed E-state index contributed by atoms with van der Waals surface area (Å²) in [6, 6.07) is 5.97. The summed E-state index contributed by atoms with van der Waals surface area (Å²) < 4.78 is 18.4. The Labute approximate surface area is 82.9 Å². The van der Waals surface area contributed by atoms with Gasteiger partial charge in [0.15, 0.2) is 0 Å². The van der Waals surface area contributed by atoms with Gasteiger partial charge >= 0.3 is 0 Å². The van der Waals surface area contributed by atoms with Crippen molar-refractivity contribution in [3.63, 3.8) is 0 Å². The van der Waals surface area contributed by atoms with Gasteiger partial charge in [-0.15, -0.1) is 0 Å². The van der Waals surface area contributed by atoms with Gasteiger partial charge < -0.3 is 4.74 Å². The van der Waals surface area contributed by atoms with Crippen molar-refractivity contribution in [1.82, 2.24) is 0 Å². The molecule has 1 atom stereocenters. The van der Waals surface area contributed by atoms with Crippen LogP contribution in [0.25, 0.3) is 0 Å². The summed E-state index contributed by atoms with van der Waals surface area (Å²) in [7, 11) is 0. The Morgan fingerprint density at radius 3 is 2.86 bits per heavy atom. The Morgan fingerprint density at radius 2 is 2.29 bits per heavy atom. The van der Waals surface area contributed by atoms with Crippen molar-refractivity contribution in [2.24, 2.45) is 0 Å². The summed E-state index contributed by atoms with van der Waals surface area (Å²) in [5.41, 5.74) is 0.0193. The van der Waals surface area contributed by atoms with E-state index in [1.807, 2.05) is 13.8 Å². The van der Waals surface area contributed by atoms with E-state index in [2.05, 4.69) is 0 Å². The molecule has 14 heavy (non-hydrogen) atoms. The molecule has 1 unspecified atom stereocenters. The zero-order valence-corrected chi connectivity index (χ0v) is 8.25. The first-order chi connectivity index (χ1) is 6.67. The van der Waals surface area contributed by atoms with E-state index in [1.165, 1.54) is 18.2 Å². The van der Waals surface area contributed by atoms with Crippen molar-refractivity contribution >= 4 is 0 Å². The van der Waals surface area contributed by atoms with Crippen LogP contribution in [0.5, 0.6) is 5.75 Å². The average Bonchev–Trinajstić information content (AvgIpc) is 2.20. The van der Waals surface area contributed by atoms with Crippen LogP contribution < -0.4 is 4.74 Å². The van der Waals surface area contributed by atoms with Crippen LogP contribution in [0.15, 0.2) is 18.2 Å². The van der Waals surface area contributed by atoms with Gasteiger partial charge in [0.25, 0.3) is 0 Å². The number of rotatable bonds is 3. The minimum Gasteiger partial charge on any atom is -0.491 e. The number of hydrogen-bond acceptors (Lipinski definition) is 2. The molecular formula is C11H12FNO. The normalized spacial score (nSPS) is 11.9. The lowest BCUT2D eigenvalue weighted by Gasteiger charge is -2.12. The number of nitrogens with zero attached hydrogens (tertiary/aromatic N) is 1. The fourth-order valence-corrected chi connectivity index (χ4v) is 0.979. The summed E-state index contributed by atoms with van der Waals surface area (Å²) >= 11 is 0. The molecule has 74 valence electrons. The topological polar surface area (TPSA) is 33.0 Å². The summed E-state index contributed by atoms with van der Waals surface area (Å²) in [5, 5.41) is 8.59. The molecule has 0 saturated carbocycles. The van der Waals surface area contributed by atoms with Gasteiger partial charge in [-0.3, -0.25) is 0 Å². The molecule has 0 radical (unpaired) electrons. The smallest absolute Gasteiger partial charge is 0.141 e. The highest BCUT2D eigenvalue weighted by Crippen LogP contribution is 2.17.